The van der Waals surface area contributed by atoms with Gasteiger partial charge in [-0.25, -0.2) is 4.98 Å². The van der Waals surface area contributed by atoms with Crippen molar-refractivity contribution in [3.63, 3.8) is 0 Å². The molecule has 0 aliphatic heterocycles. The molecule has 0 unspecified atom stereocenters. The number of hydrogen-bond acceptors (Lipinski definition) is 4. The van der Waals surface area contributed by atoms with Crippen LogP contribution in [0, 0.1) is 0 Å². The summed E-state index contributed by atoms with van der Waals surface area (Å²) in [4.78, 5) is 26.5. The molecule has 1 rings (SSSR count). The van der Waals surface area contributed by atoms with Gasteiger partial charge < -0.3 is 11.1 Å². The molecule has 1 aromatic heterocycles. The van der Waals surface area contributed by atoms with Crippen LogP contribution in [0.3, 0.4) is 0 Å². The van der Waals surface area contributed by atoms with Gasteiger partial charge >= 0.3 is 0 Å². The van der Waals surface area contributed by atoms with Gasteiger partial charge in [-0.1, -0.05) is 6.92 Å². The second-order valence-electron chi connectivity index (χ2n) is 2.93. The highest BCUT2D eigenvalue weighted by atomic mass is 16.1. The minimum absolute atomic E-state index is 0.0965. The van der Waals surface area contributed by atoms with Gasteiger partial charge in [0.05, 0.1) is 12.1 Å². The molecular weight excluding hydrogens is 194 g/mol. The van der Waals surface area contributed by atoms with Crippen LogP contribution in [0.1, 0.15) is 23.7 Å². The predicted molar refractivity (Wildman–Crippen MR) is 56.5 cm³/mol. The van der Waals surface area contributed by atoms with Crippen LogP contribution in [-0.4, -0.2) is 23.2 Å². The number of pyridine rings is 1. The number of nitrogens with zero attached hydrogens (tertiary/aromatic N) is 1. The molecule has 1 heterocycles. The zero-order valence-corrected chi connectivity index (χ0v) is 8.49. The Bertz CT molecular complexity index is 377. The SMILES string of the molecule is CCC(=O)Nc1ncccc1C(=O)CN. The number of carbonyl (C=O) groups is 2. The number of hydrogen-bond donors (Lipinski definition) is 2. The number of amides is 1. The number of carbonyl (C=O) groups excluding carboxylic acids is 2. The van der Waals surface area contributed by atoms with Crippen LogP contribution >= 0.6 is 0 Å². The highest BCUT2D eigenvalue weighted by Crippen LogP contribution is 2.11. The van der Waals surface area contributed by atoms with E-state index in [0.29, 0.717) is 12.0 Å². The van der Waals surface area contributed by atoms with Gasteiger partial charge in [0.15, 0.2) is 5.78 Å². The first kappa shape index (κ1) is 11.3. The standard InChI is InChI=1S/C10H13N3O2/c1-2-9(15)13-10-7(8(14)6-11)4-3-5-12-10/h3-5H,2,6,11H2,1H3,(H,12,13,15). The monoisotopic (exact) mass is 207 g/mol. The lowest BCUT2D eigenvalue weighted by atomic mass is 10.1. The maximum atomic E-state index is 11.4. The molecule has 0 bridgehead atoms. The normalized spacial score (nSPS) is 9.73. The molecule has 80 valence electrons. The molecule has 0 radical (unpaired) electrons. The summed E-state index contributed by atoms with van der Waals surface area (Å²) in [7, 11) is 0. The first-order chi connectivity index (χ1) is 7.19. The van der Waals surface area contributed by atoms with E-state index in [1.54, 1.807) is 19.1 Å². The molecule has 0 saturated heterocycles. The van der Waals surface area contributed by atoms with Crippen LogP contribution in [0.4, 0.5) is 5.82 Å². The lowest BCUT2D eigenvalue weighted by molar-refractivity contribution is -0.115. The Hall–Kier alpha value is -1.75. The Morgan fingerprint density at radius 2 is 2.27 bits per heavy atom. The summed E-state index contributed by atoms with van der Waals surface area (Å²) < 4.78 is 0. The van der Waals surface area contributed by atoms with E-state index < -0.39 is 0 Å². The largest absolute Gasteiger partial charge is 0.324 e. The average Bonchev–Trinajstić information content (AvgIpc) is 2.28. The highest BCUT2D eigenvalue weighted by Gasteiger charge is 2.11. The smallest absolute Gasteiger partial charge is 0.225 e. The molecule has 5 nitrogen and oxygen atoms in total. The summed E-state index contributed by atoms with van der Waals surface area (Å²) in [6, 6.07) is 3.22. The van der Waals surface area contributed by atoms with Gasteiger partial charge in [0.25, 0.3) is 0 Å². The number of ketones is 1. The Morgan fingerprint density at radius 1 is 1.53 bits per heavy atom. The van der Waals surface area contributed by atoms with E-state index >= 15 is 0 Å². The van der Waals surface area contributed by atoms with Gasteiger partial charge in [-0.2, -0.15) is 0 Å². The Labute approximate surface area is 87.7 Å². The second kappa shape index (κ2) is 5.21. The molecule has 15 heavy (non-hydrogen) atoms. The van der Waals surface area contributed by atoms with E-state index in [1.807, 2.05) is 0 Å². The van der Waals surface area contributed by atoms with Crippen molar-refractivity contribution in [1.82, 2.24) is 4.98 Å². The summed E-state index contributed by atoms with van der Waals surface area (Å²) in [5.41, 5.74) is 5.60. The second-order valence-corrected chi connectivity index (χ2v) is 2.93. The summed E-state index contributed by atoms with van der Waals surface area (Å²) in [5.74, 6) is -0.144. The van der Waals surface area contributed by atoms with Crippen LogP contribution in [0.25, 0.3) is 0 Å². The molecule has 0 aliphatic carbocycles. The Kier molecular flexibility index (Phi) is 3.93. The molecule has 0 atom stereocenters. The van der Waals surface area contributed by atoms with E-state index in [-0.39, 0.29) is 24.1 Å². The molecule has 1 amide bonds. The van der Waals surface area contributed by atoms with Crippen molar-refractivity contribution >= 4 is 17.5 Å². The molecule has 0 saturated carbocycles. The molecule has 0 aromatic carbocycles. The zero-order valence-electron chi connectivity index (χ0n) is 8.49. The van der Waals surface area contributed by atoms with Crippen molar-refractivity contribution in [2.24, 2.45) is 5.73 Å². The molecule has 1 aromatic rings. The van der Waals surface area contributed by atoms with Crippen molar-refractivity contribution in [2.75, 3.05) is 11.9 Å². The van der Waals surface area contributed by atoms with Gasteiger partial charge in [-0.05, 0) is 12.1 Å². The van der Waals surface area contributed by atoms with E-state index in [9.17, 15) is 9.59 Å². The summed E-state index contributed by atoms with van der Waals surface area (Å²) >= 11 is 0. The van der Waals surface area contributed by atoms with E-state index in [1.165, 1.54) is 6.20 Å². The summed E-state index contributed by atoms with van der Waals surface area (Å²) in [6.07, 6.45) is 1.85. The predicted octanol–water partition coefficient (Wildman–Crippen LogP) is 0.572. The maximum Gasteiger partial charge on any atom is 0.225 e. The first-order valence-corrected chi connectivity index (χ1v) is 4.67. The van der Waals surface area contributed by atoms with Crippen molar-refractivity contribution in [2.45, 2.75) is 13.3 Å². The number of rotatable bonds is 4. The Morgan fingerprint density at radius 3 is 2.87 bits per heavy atom. The molecule has 3 N–H and O–H groups in total. The van der Waals surface area contributed by atoms with Gasteiger partial charge in [0, 0.05) is 12.6 Å². The van der Waals surface area contributed by atoms with Gasteiger partial charge in [0.2, 0.25) is 5.91 Å². The maximum absolute atomic E-state index is 11.4. The summed E-state index contributed by atoms with van der Waals surface area (Å²) in [6.45, 7) is 1.63. The van der Waals surface area contributed by atoms with Crippen molar-refractivity contribution in [3.05, 3.63) is 23.9 Å². The van der Waals surface area contributed by atoms with Gasteiger partial charge in [0.1, 0.15) is 5.82 Å². The number of nitrogens with one attached hydrogen (secondary N) is 1. The zero-order chi connectivity index (χ0) is 11.3. The number of Topliss-reactive ketones (excluding diaryl/α,β-unsaturated/α-hetero) is 1. The molecule has 5 heteroatoms. The molecule has 0 aliphatic rings. The average molecular weight is 207 g/mol. The highest BCUT2D eigenvalue weighted by molar-refractivity contribution is 6.04. The number of anilines is 1. The third-order valence-corrected chi connectivity index (χ3v) is 1.87. The molecule has 0 fully saturated rings. The minimum Gasteiger partial charge on any atom is -0.324 e. The van der Waals surface area contributed by atoms with Crippen molar-refractivity contribution in [1.29, 1.82) is 0 Å². The minimum atomic E-state index is -0.241. The Balaban J connectivity index is 2.96. The fourth-order valence-corrected chi connectivity index (χ4v) is 1.06. The number of aromatic nitrogens is 1. The fourth-order valence-electron chi connectivity index (χ4n) is 1.06. The quantitative estimate of drug-likeness (QED) is 0.707. The van der Waals surface area contributed by atoms with Crippen LogP contribution in [0.15, 0.2) is 18.3 Å². The van der Waals surface area contributed by atoms with E-state index in [2.05, 4.69) is 10.3 Å². The summed E-state index contributed by atoms with van der Waals surface area (Å²) in [5, 5.41) is 2.55. The van der Waals surface area contributed by atoms with Crippen LogP contribution < -0.4 is 11.1 Å². The number of nitrogens with two attached hydrogens (primary N) is 1. The topological polar surface area (TPSA) is 85.1 Å². The van der Waals surface area contributed by atoms with Crippen LogP contribution in [-0.2, 0) is 4.79 Å². The van der Waals surface area contributed by atoms with Crippen molar-refractivity contribution < 1.29 is 9.59 Å². The van der Waals surface area contributed by atoms with Gasteiger partial charge in [-0.3, -0.25) is 9.59 Å². The van der Waals surface area contributed by atoms with Crippen molar-refractivity contribution in [3.8, 4) is 0 Å². The van der Waals surface area contributed by atoms with Gasteiger partial charge in [-0.15, -0.1) is 0 Å². The lowest BCUT2D eigenvalue weighted by Crippen LogP contribution is -2.19. The molecule has 0 spiro atoms. The third kappa shape index (κ3) is 2.85. The van der Waals surface area contributed by atoms with Crippen LogP contribution in [0.2, 0.25) is 0 Å². The lowest BCUT2D eigenvalue weighted by Gasteiger charge is -2.06. The fraction of sp³-hybridized carbons (Fsp3) is 0.300. The third-order valence-electron chi connectivity index (χ3n) is 1.87. The first-order valence-electron chi connectivity index (χ1n) is 4.67. The molecular formula is C10H13N3O2. The van der Waals surface area contributed by atoms with E-state index in [0.717, 1.165) is 0 Å². The van der Waals surface area contributed by atoms with E-state index in [4.69, 9.17) is 5.73 Å². The van der Waals surface area contributed by atoms with Crippen LogP contribution in [0.5, 0.6) is 0 Å².